The van der Waals surface area contributed by atoms with Crippen molar-refractivity contribution in [2.75, 3.05) is 11.9 Å². The lowest BCUT2D eigenvalue weighted by atomic mass is 10.0. The van der Waals surface area contributed by atoms with Gasteiger partial charge in [0.15, 0.2) is 11.5 Å². The predicted octanol–water partition coefficient (Wildman–Crippen LogP) is 5.88. The number of hydrogen-bond acceptors (Lipinski definition) is 5. The first-order valence-electron chi connectivity index (χ1n) is 10.2. The predicted molar refractivity (Wildman–Crippen MR) is 118 cm³/mol. The summed E-state index contributed by atoms with van der Waals surface area (Å²) < 4.78 is 11.8. The first-order chi connectivity index (χ1) is 15.1. The highest BCUT2D eigenvalue weighted by molar-refractivity contribution is 5.99. The van der Waals surface area contributed by atoms with Crippen molar-refractivity contribution < 1.29 is 19.4 Å². The molecule has 6 heteroatoms. The molecule has 1 aliphatic heterocycles. The number of carboxylic acids is 1. The van der Waals surface area contributed by atoms with Gasteiger partial charge in [-0.3, -0.25) is 0 Å². The topological polar surface area (TPSA) is 91.6 Å². The average Bonchev–Trinajstić information content (AvgIpc) is 2.77. The maximum Gasteiger partial charge on any atom is 0.338 e. The third-order valence-corrected chi connectivity index (χ3v) is 5.06. The zero-order valence-electron chi connectivity index (χ0n) is 17.1. The second kappa shape index (κ2) is 8.80. The molecule has 0 aliphatic carbocycles. The number of rotatable bonds is 7. The summed E-state index contributed by atoms with van der Waals surface area (Å²) in [5.41, 5.74) is 3.44. The number of fused-ring (bicyclic) bond motifs is 2. The quantitative estimate of drug-likeness (QED) is 0.367. The van der Waals surface area contributed by atoms with Crippen LogP contribution in [-0.4, -0.2) is 17.7 Å². The molecule has 1 heterocycles. The normalized spacial score (nSPS) is 11.4. The first-order valence-corrected chi connectivity index (χ1v) is 10.2. The van der Waals surface area contributed by atoms with E-state index in [1.54, 1.807) is 6.07 Å². The summed E-state index contributed by atoms with van der Waals surface area (Å²) in [6, 6.07) is 18.7. The standard InChI is InChI=1S/C25H22N2O4/c1-2-3-9-30-19-6-4-5-16(11-19)10-17-7-8-21-22(13-17)31-23-14-18(15-26)12-20(25(28)29)24(23)27-21/h4-8,11-14,27H,2-3,9-10H2,1H3,(H,28,29). The summed E-state index contributed by atoms with van der Waals surface area (Å²) in [5.74, 6) is 0.658. The summed E-state index contributed by atoms with van der Waals surface area (Å²) in [4.78, 5) is 11.6. The van der Waals surface area contributed by atoms with Crippen LogP contribution >= 0.6 is 0 Å². The summed E-state index contributed by atoms with van der Waals surface area (Å²) in [5, 5.41) is 21.8. The molecule has 0 atom stereocenters. The second-order valence-electron chi connectivity index (χ2n) is 7.40. The largest absolute Gasteiger partial charge is 0.494 e. The molecule has 0 saturated heterocycles. The van der Waals surface area contributed by atoms with Crippen LogP contribution in [0.25, 0.3) is 0 Å². The Morgan fingerprint density at radius 2 is 1.97 bits per heavy atom. The summed E-state index contributed by atoms with van der Waals surface area (Å²) in [6.45, 7) is 2.84. The van der Waals surface area contributed by atoms with Gasteiger partial charge < -0.3 is 19.9 Å². The van der Waals surface area contributed by atoms with Gasteiger partial charge in [0.2, 0.25) is 0 Å². The summed E-state index contributed by atoms with van der Waals surface area (Å²) in [7, 11) is 0. The van der Waals surface area contributed by atoms with Crippen LogP contribution < -0.4 is 14.8 Å². The Balaban J connectivity index is 1.57. The minimum absolute atomic E-state index is 0.00339. The molecule has 0 aromatic heterocycles. The first kappa shape index (κ1) is 20.3. The van der Waals surface area contributed by atoms with Gasteiger partial charge >= 0.3 is 5.97 Å². The number of benzene rings is 3. The number of ether oxygens (including phenoxy) is 2. The second-order valence-corrected chi connectivity index (χ2v) is 7.40. The Kier molecular flexibility index (Phi) is 5.76. The number of nitriles is 1. The monoisotopic (exact) mass is 414 g/mol. The fourth-order valence-electron chi connectivity index (χ4n) is 3.49. The number of nitrogens with zero attached hydrogens (tertiary/aromatic N) is 1. The third-order valence-electron chi connectivity index (χ3n) is 5.06. The van der Waals surface area contributed by atoms with Crippen LogP contribution in [0.5, 0.6) is 17.2 Å². The zero-order chi connectivity index (χ0) is 21.8. The molecular formula is C25H22N2O4. The number of carbonyl (C=O) groups is 1. The van der Waals surface area contributed by atoms with E-state index in [0.29, 0.717) is 35.9 Å². The SMILES string of the molecule is CCCCOc1cccc(Cc2ccc3c(c2)Oc2cc(C#N)cc(C(=O)O)c2N3)c1. The van der Waals surface area contributed by atoms with Gasteiger partial charge in [-0.2, -0.15) is 5.26 Å². The molecular weight excluding hydrogens is 392 g/mol. The maximum atomic E-state index is 11.6. The molecule has 3 aromatic carbocycles. The molecule has 0 fully saturated rings. The molecule has 156 valence electrons. The molecule has 1 aliphatic rings. The number of carboxylic acid groups (broad SMARTS) is 1. The lowest BCUT2D eigenvalue weighted by Gasteiger charge is -2.24. The Bertz CT molecular complexity index is 1180. The number of anilines is 2. The molecule has 2 N–H and O–H groups in total. The van der Waals surface area contributed by atoms with Crippen molar-refractivity contribution >= 4 is 17.3 Å². The van der Waals surface area contributed by atoms with E-state index >= 15 is 0 Å². The minimum atomic E-state index is -1.12. The van der Waals surface area contributed by atoms with Gasteiger partial charge in [0, 0.05) is 6.07 Å². The lowest BCUT2D eigenvalue weighted by Crippen LogP contribution is -2.10. The van der Waals surface area contributed by atoms with Gasteiger partial charge in [-0.1, -0.05) is 31.5 Å². The maximum absolute atomic E-state index is 11.6. The highest BCUT2D eigenvalue weighted by atomic mass is 16.5. The molecule has 0 radical (unpaired) electrons. The van der Waals surface area contributed by atoms with Gasteiger partial charge in [0.1, 0.15) is 5.75 Å². The van der Waals surface area contributed by atoms with Crippen molar-refractivity contribution in [1.29, 1.82) is 5.26 Å². The van der Waals surface area contributed by atoms with E-state index in [4.69, 9.17) is 9.47 Å². The van der Waals surface area contributed by atoms with Gasteiger partial charge in [0.25, 0.3) is 0 Å². The van der Waals surface area contributed by atoms with Crippen molar-refractivity contribution in [2.24, 2.45) is 0 Å². The molecule has 31 heavy (non-hydrogen) atoms. The van der Waals surface area contributed by atoms with E-state index in [-0.39, 0.29) is 11.1 Å². The number of aromatic carboxylic acids is 1. The van der Waals surface area contributed by atoms with E-state index in [9.17, 15) is 15.2 Å². The van der Waals surface area contributed by atoms with Crippen LogP contribution in [-0.2, 0) is 6.42 Å². The van der Waals surface area contributed by atoms with Gasteiger partial charge in [-0.25, -0.2) is 4.79 Å². The number of unbranched alkanes of at least 4 members (excludes halogenated alkanes) is 1. The molecule has 0 bridgehead atoms. The smallest absolute Gasteiger partial charge is 0.338 e. The lowest BCUT2D eigenvalue weighted by molar-refractivity contribution is 0.0697. The van der Waals surface area contributed by atoms with E-state index in [2.05, 4.69) is 18.3 Å². The molecule has 6 nitrogen and oxygen atoms in total. The average molecular weight is 414 g/mol. The fraction of sp³-hybridized carbons (Fsp3) is 0.200. The summed E-state index contributed by atoms with van der Waals surface area (Å²) >= 11 is 0. The van der Waals surface area contributed by atoms with E-state index in [1.165, 1.54) is 6.07 Å². The van der Waals surface area contributed by atoms with Crippen molar-refractivity contribution in [1.82, 2.24) is 0 Å². The van der Waals surface area contributed by atoms with E-state index < -0.39 is 5.97 Å². The Hall–Kier alpha value is -3.98. The molecule has 0 spiro atoms. The van der Waals surface area contributed by atoms with Crippen LogP contribution in [0.1, 0.15) is 46.8 Å². The van der Waals surface area contributed by atoms with Crippen molar-refractivity contribution in [2.45, 2.75) is 26.2 Å². The Morgan fingerprint density at radius 3 is 2.74 bits per heavy atom. The molecule has 4 rings (SSSR count). The third kappa shape index (κ3) is 4.46. The fourth-order valence-corrected chi connectivity index (χ4v) is 3.49. The highest BCUT2D eigenvalue weighted by Gasteiger charge is 2.24. The summed E-state index contributed by atoms with van der Waals surface area (Å²) in [6.07, 6.45) is 2.82. The van der Waals surface area contributed by atoms with Crippen LogP contribution in [0.15, 0.2) is 54.6 Å². The van der Waals surface area contributed by atoms with Crippen molar-refractivity contribution in [3.05, 3.63) is 76.9 Å². The minimum Gasteiger partial charge on any atom is -0.494 e. The van der Waals surface area contributed by atoms with Crippen LogP contribution in [0.4, 0.5) is 11.4 Å². The number of nitrogens with one attached hydrogen (secondary N) is 1. The zero-order valence-corrected chi connectivity index (χ0v) is 17.1. The van der Waals surface area contributed by atoms with Crippen molar-refractivity contribution in [3.8, 4) is 23.3 Å². The van der Waals surface area contributed by atoms with Gasteiger partial charge in [-0.15, -0.1) is 0 Å². The number of hydrogen-bond donors (Lipinski definition) is 2. The van der Waals surface area contributed by atoms with Gasteiger partial charge in [0.05, 0.1) is 35.2 Å². The Labute approximate surface area is 180 Å². The highest BCUT2D eigenvalue weighted by Crippen LogP contribution is 2.44. The van der Waals surface area contributed by atoms with E-state index in [0.717, 1.165) is 29.7 Å². The van der Waals surface area contributed by atoms with Crippen LogP contribution in [0, 0.1) is 11.3 Å². The van der Waals surface area contributed by atoms with Crippen molar-refractivity contribution in [3.63, 3.8) is 0 Å². The molecule has 3 aromatic rings. The molecule has 0 unspecified atom stereocenters. The Morgan fingerprint density at radius 1 is 1.13 bits per heavy atom. The van der Waals surface area contributed by atoms with Crippen LogP contribution in [0.3, 0.4) is 0 Å². The van der Waals surface area contributed by atoms with E-state index in [1.807, 2.05) is 42.5 Å². The van der Waals surface area contributed by atoms with Gasteiger partial charge in [-0.05, 0) is 54.3 Å². The molecule has 0 amide bonds. The van der Waals surface area contributed by atoms with Crippen LogP contribution in [0.2, 0.25) is 0 Å². The molecule has 0 saturated carbocycles.